The van der Waals surface area contributed by atoms with Gasteiger partial charge in [0.15, 0.2) is 0 Å². The van der Waals surface area contributed by atoms with E-state index in [0.717, 1.165) is 48.2 Å². The van der Waals surface area contributed by atoms with Crippen molar-refractivity contribution in [1.29, 1.82) is 0 Å². The van der Waals surface area contributed by atoms with E-state index in [2.05, 4.69) is 23.2 Å². The van der Waals surface area contributed by atoms with E-state index in [1.54, 1.807) is 11.8 Å². The summed E-state index contributed by atoms with van der Waals surface area (Å²) < 4.78 is 0. The molecule has 1 saturated heterocycles. The Morgan fingerprint density at radius 3 is 2.70 bits per heavy atom. The minimum absolute atomic E-state index is 0. The number of carbonyl (C=O) groups excluding carboxylic acids is 1. The van der Waals surface area contributed by atoms with Gasteiger partial charge in [-0.1, -0.05) is 25.5 Å². The molecule has 3 nitrogen and oxygen atoms in total. The van der Waals surface area contributed by atoms with Gasteiger partial charge >= 0.3 is 0 Å². The first-order valence-electron chi connectivity index (χ1n) is 8.53. The van der Waals surface area contributed by atoms with Crippen LogP contribution < -0.4 is 5.32 Å². The predicted octanol–water partition coefficient (Wildman–Crippen LogP) is 3.82. The monoisotopic (exact) mass is 354 g/mol. The zero-order valence-electron chi connectivity index (χ0n) is 13.8. The molecule has 2 aliphatic rings. The summed E-state index contributed by atoms with van der Waals surface area (Å²) in [6, 6.07) is 8.46. The maximum Gasteiger partial charge on any atom is 0.255 e. The van der Waals surface area contributed by atoms with E-state index in [1.807, 2.05) is 18.2 Å². The Kier molecular flexibility index (Phi) is 7.25. The van der Waals surface area contributed by atoms with Crippen LogP contribution in [0.2, 0.25) is 0 Å². The zero-order chi connectivity index (χ0) is 15.4. The Labute approximate surface area is 150 Å². The van der Waals surface area contributed by atoms with Crippen LogP contribution in [0.5, 0.6) is 0 Å². The first-order chi connectivity index (χ1) is 10.8. The summed E-state index contributed by atoms with van der Waals surface area (Å²) in [5, 5.41) is 3.41. The van der Waals surface area contributed by atoms with E-state index in [1.165, 1.54) is 19.3 Å². The predicted molar refractivity (Wildman–Crippen MR) is 99.7 cm³/mol. The van der Waals surface area contributed by atoms with Crippen LogP contribution in [-0.2, 0) is 0 Å². The van der Waals surface area contributed by atoms with Crippen LogP contribution in [0.15, 0.2) is 29.2 Å². The van der Waals surface area contributed by atoms with Crippen molar-refractivity contribution in [2.75, 3.05) is 25.4 Å². The molecule has 128 valence electrons. The third-order valence-corrected chi connectivity index (χ3v) is 5.79. The lowest BCUT2D eigenvalue weighted by Crippen LogP contribution is -2.45. The molecule has 1 amide bonds. The Balaban J connectivity index is 0.00000192. The third kappa shape index (κ3) is 4.43. The van der Waals surface area contributed by atoms with Crippen molar-refractivity contribution >= 4 is 30.1 Å². The lowest BCUT2D eigenvalue weighted by molar-refractivity contribution is 0.0612. The van der Waals surface area contributed by atoms with E-state index in [-0.39, 0.29) is 18.3 Å². The van der Waals surface area contributed by atoms with Crippen LogP contribution in [0.4, 0.5) is 0 Å². The van der Waals surface area contributed by atoms with Gasteiger partial charge in [0.05, 0.1) is 5.56 Å². The second kappa shape index (κ2) is 8.95. The molecule has 23 heavy (non-hydrogen) atoms. The summed E-state index contributed by atoms with van der Waals surface area (Å²) in [6.07, 6.45) is 4.99. The molecule has 1 aliphatic carbocycles. The second-order valence-electron chi connectivity index (χ2n) is 6.33. The quantitative estimate of drug-likeness (QED) is 0.788. The van der Waals surface area contributed by atoms with Gasteiger partial charge < -0.3 is 10.2 Å². The van der Waals surface area contributed by atoms with Crippen molar-refractivity contribution < 1.29 is 4.79 Å². The highest BCUT2D eigenvalue weighted by Crippen LogP contribution is 2.30. The zero-order valence-corrected chi connectivity index (χ0v) is 15.4. The number of nitrogens with zero attached hydrogens (tertiary/aromatic N) is 1. The molecule has 5 heteroatoms. The van der Waals surface area contributed by atoms with Crippen LogP contribution in [0.25, 0.3) is 0 Å². The summed E-state index contributed by atoms with van der Waals surface area (Å²) in [5.41, 5.74) is 0.889. The fourth-order valence-corrected chi connectivity index (χ4v) is 4.13. The molecule has 0 spiro atoms. The number of thioether (sulfide) groups is 1. The number of halogens is 1. The number of amides is 1. The molecule has 3 rings (SSSR count). The minimum atomic E-state index is 0. The molecule has 0 bridgehead atoms. The standard InChI is InChI=1S/C18H26N2OS.ClH/c1-2-22-17-9-4-3-8-16(17)18(21)20(13-14-6-5-7-14)15-10-11-19-12-15;/h3-4,8-9,14-15,19H,2,5-7,10-13H2,1H3;1H/t15-;/m0./s1. The molecule has 1 aromatic carbocycles. The number of hydrogen-bond acceptors (Lipinski definition) is 3. The lowest BCUT2D eigenvalue weighted by Gasteiger charge is -2.36. The Bertz CT molecular complexity index is 515. The maximum absolute atomic E-state index is 13.2. The Morgan fingerprint density at radius 1 is 1.30 bits per heavy atom. The summed E-state index contributed by atoms with van der Waals surface area (Å²) in [4.78, 5) is 16.5. The average molecular weight is 355 g/mol. The van der Waals surface area contributed by atoms with Crippen LogP contribution >= 0.6 is 24.2 Å². The topological polar surface area (TPSA) is 32.3 Å². The normalized spacial score (nSPS) is 20.7. The molecule has 1 aromatic rings. The summed E-state index contributed by atoms with van der Waals surface area (Å²) >= 11 is 1.77. The number of hydrogen-bond donors (Lipinski definition) is 1. The van der Waals surface area contributed by atoms with E-state index in [4.69, 9.17) is 0 Å². The van der Waals surface area contributed by atoms with Crippen LogP contribution in [-0.4, -0.2) is 42.2 Å². The molecule has 1 aliphatic heterocycles. The van der Waals surface area contributed by atoms with Crippen molar-refractivity contribution in [1.82, 2.24) is 10.2 Å². The van der Waals surface area contributed by atoms with Gasteiger partial charge in [-0.25, -0.2) is 0 Å². The lowest BCUT2D eigenvalue weighted by atomic mass is 9.84. The van der Waals surface area contributed by atoms with E-state index in [9.17, 15) is 4.79 Å². The van der Waals surface area contributed by atoms with Crippen LogP contribution in [0.1, 0.15) is 43.0 Å². The van der Waals surface area contributed by atoms with E-state index < -0.39 is 0 Å². The fraction of sp³-hybridized carbons (Fsp3) is 0.611. The molecule has 1 N–H and O–H groups in total. The maximum atomic E-state index is 13.2. The van der Waals surface area contributed by atoms with Crippen molar-refractivity contribution in [2.45, 2.75) is 43.5 Å². The van der Waals surface area contributed by atoms with Gasteiger partial charge in [0.25, 0.3) is 5.91 Å². The summed E-state index contributed by atoms with van der Waals surface area (Å²) in [5.74, 6) is 1.95. The molecule has 1 saturated carbocycles. The number of rotatable bonds is 6. The molecule has 0 radical (unpaired) electrons. The molecule has 0 unspecified atom stereocenters. The Morgan fingerprint density at radius 2 is 2.09 bits per heavy atom. The molecular formula is C18H27ClN2OS. The second-order valence-corrected chi connectivity index (χ2v) is 7.64. The van der Waals surface area contributed by atoms with E-state index in [0.29, 0.717) is 6.04 Å². The van der Waals surface area contributed by atoms with Gasteiger partial charge in [-0.2, -0.15) is 0 Å². The first kappa shape index (κ1) is 18.6. The molecule has 2 fully saturated rings. The molecule has 1 atom stereocenters. The smallest absolute Gasteiger partial charge is 0.255 e. The van der Waals surface area contributed by atoms with Gasteiger partial charge in [-0.15, -0.1) is 24.2 Å². The molecule has 1 heterocycles. The number of nitrogens with one attached hydrogen (secondary N) is 1. The van der Waals surface area contributed by atoms with Gasteiger partial charge in [0, 0.05) is 24.0 Å². The van der Waals surface area contributed by atoms with Crippen LogP contribution in [0.3, 0.4) is 0 Å². The SMILES string of the molecule is CCSc1ccccc1C(=O)N(CC1CCC1)[C@H]1CCNC1.Cl. The largest absolute Gasteiger partial charge is 0.334 e. The highest BCUT2D eigenvalue weighted by atomic mass is 35.5. The van der Waals surface area contributed by atoms with Gasteiger partial charge in [0.1, 0.15) is 0 Å². The fourth-order valence-electron chi connectivity index (χ4n) is 3.34. The van der Waals surface area contributed by atoms with Gasteiger partial charge in [-0.3, -0.25) is 4.79 Å². The first-order valence-corrected chi connectivity index (χ1v) is 9.51. The third-order valence-electron chi connectivity index (χ3n) is 4.83. The van der Waals surface area contributed by atoms with E-state index >= 15 is 0 Å². The highest BCUT2D eigenvalue weighted by Gasteiger charge is 2.31. The van der Waals surface area contributed by atoms with Crippen LogP contribution in [0, 0.1) is 5.92 Å². The molecule has 0 aromatic heterocycles. The van der Waals surface area contributed by atoms with Crippen molar-refractivity contribution in [3.63, 3.8) is 0 Å². The highest BCUT2D eigenvalue weighted by molar-refractivity contribution is 7.99. The minimum Gasteiger partial charge on any atom is -0.334 e. The van der Waals surface area contributed by atoms with Crippen molar-refractivity contribution in [3.05, 3.63) is 29.8 Å². The molecular weight excluding hydrogens is 328 g/mol. The Hall–Kier alpha value is -0.710. The van der Waals surface area contributed by atoms with Gasteiger partial charge in [-0.05, 0) is 49.6 Å². The summed E-state index contributed by atoms with van der Waals surface area (Å²) in [6.45, 7) is 5.06. The van der Waals surface area contributed by atoms with Crippen molar-refractivity contribution in [3.8, 4) is 0 Å². The average Bonchev–Trinajstić information content (AvgIpc) is 3.00. The summed E-state index contributed by atoms with van der Waals surface area (Å²) in [7, 11) is 0. The van der Waals surface area contributed by atoms with Gasteiger partial charge in [0.2, 0.25) is 0 Å². The number of carbonyl (C=O) groups is 1. The van der Waals surface area contributed by atoms with Crippen molar-refractivity contribution in [2.24, 2.45) is 5.92 Å². The number of benzene rings is 1.